The number of nitrogens with zero attached hydrogens (tertiary/aromatic N) is 4. The Hall–Kier alpha value is -2.38. The van der Waals surface area contributed by atoms with Crippen LogP contribution in [0.5, 0.6) is 0 Å². The number of likely N-dealkylation sites (tertiary alicyclic amines) is 1. The Balaban J connectivity index is 1.25. The summed E-state index contributed by atoms with van der Waals surface area (Å²) in [5.74, 6) is 0.822. The van der Waals surface area contributed by atoms with Crippen molar-refractivity contribution in [2.45, 2.75) is 31.7 Å². The van der Waals surface area contributed by atoms with Gasteiger partial charge in [0.15, 0.2) is 5.60 Å². The molecule has 3 aliphatic rings. The van der Waals surface area contributed by atoms with Crippen LogP contribution in [0.25, 0.3) is 0 Å². The predicted molar refractivity (Wildman–Crippen MR) is 97.9 cm³/mol. The molecule has 27 heavy (non-hydrogen) atoms. The van der Waals surface area contributed by atoms with Crippen molar-refractivity contribution in [2.75, 3.05) is 32.7 Å². The molecule has 7 nitrogen and oxygen atoms in total. The van der Waals surface area contributed by atoms with Crippen molar-refractivity contribution < 1.29 is 14.1 Å². The van der Waals surface area contributed by atoms with E-state index in [1.54, 1.807) is 0 Å². The highest BCUT2D eigenvalue weighted by molar-refractivity contribution is 5.72. The third-order valence-electron chi connectivity index (χ3n) is 5.89. The molecule has 5 rings (SSSR count). The van der Waals surface area contributed by atoms with Gasteiger partial charge in [-0.3, -0.25) is 14.7 Å². The van der Waals surface area contributed by atoms with Gasteiger partial charge in [-0.15, -0.1) is 0 Å². The van der Waals surface area contributed by atoms with Gasteiger partial charge in [0.2, 0.25) is 0 Å². The molecule has 3 saturated heterocycles. The summed E-state index contributed by atoms with van der Waals surface area (Å²) < 4.78 is 11.0. The molecule has 3 aliphatic heterocycles. The highest BCUT2D eigenvalue weighted by Gasteiger charge is 2.61. The van der Waals surface area contributed by atoms with Gasteiger partial charge in [-0.1, -0.05) is 35.5 Å². The van der Waals surface area contributed by atoms with E-state index in [-0.39, 0.29) is 17.7 Å². The fourth-order valence-corrected chi connectivity index (χ4v) is 4.61. The molecule has 1 unspecified atom stereocenters. The zero-order chi connectivity index (χ0) is 18.4. The summed E-state index contributed by atoms with van der Waals surface area (Å²) in [4.78, 5) is 19.0. The van der Waals surface area contributed by atoms with Crippen molar-refractivity contribution in [1.82, 2.24) is 19.9 Å². The van der Waals surface area contributed by atoms with Crippen LogP contribution >= 0.6 is 0 Å². The first-order valence-corrected chi connectivity index (χ1v) is 9.52. The largest absolute Gasteiger partial charge is 0.438 e. The molecule has 2 aromatic rings. The number of fused-ring (bicyclic) bond motifs is 2. The average Bonchev–Trinajstić information content (AvgIpc) is 3.17. The molecule has 0 radical (unpaired) electrons. The lowest BCUT2D eigenvalue weighted by Crippen LogP contribution is -2.70. The molecule has 1 aromatic carbocycles. The second-order valence-corrected chi connectivity index (χ2v) is 7.94. The minimum atomic E-state index is -0.384. The number of benzene rings is 1. The maximum absolute atomic E-state index is 12.4. The van der Waals surface area contributed by atoms with E-state index in [1.165, 1.54) is 5.56 Å². The summed E-state index contributed by atoms with van der Waals surface area (Å²) in [6.45, 7) is 7.54. The van der Waals surface area contributed by atoms with Gasteiger partial charge in [0.1, 0.15) is 5.76 Å². The second kappa shape index (κ2) is 6.35. The van der Waals surface area contributed by atoms with E-state index in [4.69, 9.17) is 9.26 Å². The first-order valence-electron chi connectivity index (χ1n) is 9.52. The van der Waals surface area contributed by atoms with E-state index in [1.807, 2.05) is 24.0 Å². The minimum Gasteiger partial charge on any atom is -0.438 e. The van der Waals surface area contributed by atoms with Gasteiger partial charge in [-0.2, -0.15) is 0 Å². The van der Waals surface area contributed by atoms with Crippen molar-refractivity contribution in [3.05, 3.63) is 53.4 Å². The number of hydrogen-bond acceptors (Lipinski definition) is 6. The maximum atomic E-state index is 12.4. The molecular weight excluding hydrogens is 344 g/mol. The summed E-state index contributed by atoms with van der Waals surface area (Å²) >= 11 is 0. The number of carbonyl (C=O) groups excluding carboxylic acids is 1. The lowest BCUT2D eigenvalue weighted by atomic mass is 9.84. The van der Waals surface area contributed by atoms with Gasteiger partial charge < -0.3 is 9.26 Å². The highest BCUT2D eigenvalue weighted by atomic mass is 16.6. The summed E-state index contributed by atoms with van der Waals surface area (Å²) in [6, 6.07) is 12.6. The van der Waals surface area contributed by atoms with Crippen molar-refractivity contribution in [3.8, 4) is 0 Å². The summed E-state index contributed by atoms with van der Waals surface area (Å²) in [5.41, 5.74) is 1.85. The Labute approximate surface area is 158 Å². The van der Waals surface area contributed by atoms with Gasteiger partial charge >= 0.3 is 6.09 Å². The Kier molecular flexibility index (Phi) is 3.94. The number of amides is 1. The Morgan fingerprint density at radius 2 is 1.96 bits per heavy atom. The average molecular weight is 368 g/mol. The van der Waals surface area contributed by atoms with Crippen LogP contribution in [0.4, 0.5) is 4.79 Å². The molecule has 0 saturated carbocycles. The third-order valence-corrected chi connectivity index (χ3v) is 5.89. The number of aryl methyl sites for hydroxylation is 1. The molecule has 0 aliphatic carbocycles. The monoisotopic (exact) mass is 368 g/mol. The Morgan fingerprint density at radius 3 is 2.70 bits per heavy atom. The zero-order valence-corrected chi connectivity index (χ0v) is 15.5. The number of rotatable bonds is 4. The number of carbonyl (C=O) groups is 1. The highest BCUT2D eigenvalue weighted by Crippen LogP contribution is 2.40. The molecule has 7 heteroatoms. The first-order chi connectivity index (χ1) is 13.1. The van der Waals surface area contributed by atoms with Crippen molar-refractivity contribution in [3.63, 3.8) is 0 Å². The van der Waals surface area contributed by atoms with Crippen LogP contribution in [0.1, 0.15) is 17.0 Å². The summed E-state index contributed by atoms with van der Waals surface area (Å²) in [5, 5.41) is 4.06. The molecule has 1 atom stereocenters. The number of aromatic nitrogens is 1. The molecule has 4 heterocycles. The molecule has 0 N–H and O–H groups in total. The van der Waals surface area contributed by atoms with Crippen LogP contribution in [-0.4, -0.2) is 70.3 Å². The van der Waals surface area contributed by atoms with E-state index < -0.39 is 0 Å². The van der Waals surface area contributed by atoms with Gasteiger partial charge in [0.05, 0.1) is 11.7 Å². The number of hydrogen-bond donors (Lipinski definition) is 0. The predicted octanol–water partition coefficient (Wildman–Crippen LogP) is 1.87. The molecule has 142 valence electrons. The lowest BCUT2D eigenvalue weighted by molar-refractivity contribution is -0.107. The maximum Gasteiger partial charge on any atom is 0.410 e. The van der Waals surface area contributed by atoms with Crippen molar-refractivity contribution >= 4 is 6.09 Å². The van der Waals surface area contributed by atoms with E-state index in [0.29, 0.717) is 0 Å². The Morgan fingerprint density at radius 1 is 1.15 bits per heavy atom. The van der Waals surface area contributed by atoms with E-state index in [9.17, 15) is 4.79 Å². The van der Waals surface area contributed by atoms with Gasteiger partial charge in [-0.25, -0.2) is 4.79 Å². The van der Waals surface area contributed by atoms with Crippen LogP contribution in [0.3, 0.4) is 0 Å². The quantitative estimate of drug-likeness (QED) is 0.821. The van der Waals surface area contributed by atoms with E-state index in [0.717, 1.165) is 57.3 Å². The second-order valence-electron chi connectivity index (χ2n) is 7.94. The van der Waals surface area contributed by atoms with Crippen LogP contribution in [-0.2, 0) is 17.8 Å². The van der Waals surface area contributed by atoms with Crippen LogP contribution < -0.4 is 0 Å². The van der Waals surface area contributed by atoms with Gasteiger partial charge in [0, 0.05) is 51.9 Å². The molecule has 3 fully saturated rings. The summed E-state index contributed by atoms with van der Waals surface area (Å²) in [7, 11) is 0. The van der Waals surface area contributed by atoms with Crippen LogP contribution in [0.2, 0.25) is 0 Å². The molecule has 1 amide bonds. The fraction of sp³-hybridized carbons (Fsp3) is 0.500. The van der Waals surface area contributed by atoms with Gasteiger partial charge in [0.25, 0.3) is 0 Å². The van der Waals surface area contributed by atoms with Crippen LogP contribution in [0.15, 0.2) is 40.9 Å². The minimum absolute atomic E-state index is 0.123. The number of piperazine rings is 1. The Bertz CT molecular complexity index is 831. The lowest BCUT2D eigenvalue weighted by Gasteiger charge is -2.51. The zero-order valence-electron chi connectivity index (χ0n) is 15.5. The van der Waals surface area contributed by atoms with Gasteiger partial charge in [-0.05, 0) is 12.5 Å². The smallest absolute Gasteiger partial charge is 0.410 e. The summed E-state index contributed by atoms with van der Waals surface area (Å²) in [6.07, 6.45) is -0.156. The topological polar surface area (TPSA) is 62.1 Å². The molecule has 1 spiro atoms. The molecular formula is C20H24N4O3. The van der Waals surface area contributed by atoms with Crippen molar-refractivity contribution in [2.24, 2.45) is 0 Å². The van der Waals surface area contributed by atoms with E-state index >= 15 is 0 Å². The standard InChI is InChI=1S/C20H24N4O3/c1-15-9-17(21-27-15)11-23-13-20(14-23)18-12-22(7-8-24(18)19(25)26-20)10-16-5-3-2-4-6-16/h2-6,9,18H,7-8,10-14H2,1H3. The van der Waals surface area contributed by atoms with E-state index in [2.05, 4.69) is 39.2 Å². The fourth-order valence-electron chi connectivity index (χ4n) is 4.61. The number of ether oxygens (including phenoxy) is 1. The molecule has 0 bridgehead atoms. The third kappa shape index (κ3) is 3.00. The van der Waals surface area contributed by atoms with Crippen LogP contribution in [0, 0.1) is 6.92 Å². The first kappa shape index (κ1) is 16.8. The SMILES string of the molecule is Cc1cc(CN2CC3(C2)OC(=O)N2CCN(Cc4ccccc4)CC23)no1. The molecule has 1 aromatic heterocycles. The normalized spacial score (nSPS) is 24.7. The van der Waals surface area contributed by atoms with Crippen molar-refractivity contribution in [1.29, 1.82) is 0 Å².